The summed E-state index contributed by atoms with van der Waals surface area (Å²) in [6, 6.07) is 20.2. The molecule has 6 nitrogen and oxygen atoms in total. The second kappa shape index (κ2) is 11.5. The first kappa shape index (κ1) is 23.5. The summed E-state index contributed by atoms with van der Waals surface area (Å²) >= 11 is 0. The molecular weight excluding hydrogens is 420 g/mol. The Kier molecular flexibility index (Phi) is 8.18. The first-order valence-electron chi connectivity index (χ1n) is 10.1. The summed E-state index contributed by atoms with van der Waals surface area (Å²) in [7, 11) is 0. The summed E-state index contributed by atoms with van der Waals surface area (Å²) < 4.78 is 5.37. The highest BCUT2D eigenvalue weighted by Gasteiger charge is 2.09. The average Bonchev–Trinajstić information content (AvgIpc) is 2.83. The maximum atomic E-state index is 12.4. The van der Waals surface area contributed by atoms with Gasteiger partial charge < -0.3 is 4.74 Å². The van der Waals surface area contributed by atoms with Crippen LogP contribution < -0.4 is 4.74 Å². The molecule has 0 radical (unpaired) electrons. The van der Waals surface area contributed by atoms with Crippen molar-refractivity contribution >= 4 is 29.7 Å². The van der Waals surface area contributed by atoms with Gasteiger partial charge in [-0.3, -0.25) is 14.8 Å². The van der Waals surface area contributed by atoms with Crippen molar-refractivity contribution in [2.45, 2.75) is 13.5 Å². The van der Waals surface area contributed by atoms with Crippen LogP contribution in [0.3, 0.4) is 0 Å². The number of carbonyl (C=O) groups excluding carboxylic acids is 3. The van der Waals surface area contributed by atoms with Crippen molar-refractivity contribution < 1.29 is 29.3 Å². The largest absolute Gasteiger partial charge is 0.423 e. The molecule has 3 aromatic carbocycles. The van der Waals surface area contributed by atoms with Crippen molar-refractivity contribution in [1.29, 1.82) is 0 Å². The lowest BCUT2D eigenvalue weighted by atomic mass is 10.1. The molecule has 0 amide bonds. The summed E-state index contributed by atoms with van der Waals surface area (Å²) in [5.74, 6) is -0.446. The lowest BCUT2D eigenvalue weighted by molar-refractivity contribution is -0.253. The SMILES string of the molecule is CC(=O)C=Cc1ccc(C(=O)Oc2ccc(C(=O)C=Cc3ccc(COO)cc3)cc2)cc1. The van der Waals surface area contributed by atoms with Crippen LogP contribution in [-0.2, 0) is 16.3 Å². The van der Waals surface area contributed by atoms with E-state index in [9.17, 15) is 14.4 Å². The molecule has 0 saturated heterocycles. The number of hydrogen-bond acceptors (Lipinski definition) is 6. The van der Waals surface area contributed by atoms with Gasteiger partial charge in [-0.15, -0.1) is 0 Å². The molecule has 0 heterocycles. The van der Waals surface area contributed by atoms with Gasteiger partial charge in [0.25, 0.3) is 0 Å². The molecule has 3 rings (SSSR count). The topological polar surface area (TPSA) is 89.9 Å². The van der Waals surface area contributed by atoms with Gasteiger partial charge in [-0.25, -0.2) is 9.68 Å². The number of ketones is 2. The Morgan fingerprint density at radius 1 is 0.758 bits per heavy atom. The van der Waals surface area contributed by atoms with Crippen LogP contribution >= 0.6 is 0 Å². The van der Waals surface area contributed by atoms with Gasteiger partial charge in [0.05, 0.1) is 5.56 Å². The van der Waals surface area contributed by atoms with E-state index in [1.54, 1.807) is 72.8 Å². The molecule has 0 unspecified atom stereocenters. The first-order chi connectivity index (χ1) is 15.9. The van der Waals surface area contributed by atoms with E-state index < -0.39 is 5.97 Å². The molecule has 166 valence electrons. The Morgan fingerprint density at radius 2 is 1.30 bits per heavy atom. The van der Waals surface area contributed by atoms with Gasteiger partial charge >= 0.3 is 5.97 Å². The molecule has 0 aromatic heterocycles. The maximum Gasteiger partial charge on any atom is 0.343 e. The molecule has 0 spiro atoms. The molecule has 33 heavy (non-hydrogen) atoms. The van der Waals surface area contributed by atoms with Crippen LogP contribution in [-0.4, -0.2) is 22.8 Å². The number of hydrogen-bond donors (Lipinski definition) is 1. The lowest BCUT2D eigenvalue weighted by Gasteiger charge is -2.05. The monoisotopic (exact) mass is 442 g/mol. The van der Waals surface area contributed by atoms with Gasteiger partial charge in [0, 0.05) is 5.56 Å². The highest BCUT2D eigenvalue weighted by atomic mass is 17.1. The number of carbonyl (C=O) groups is 3. The minimum atomic E-state index is -0.522. The summed E-state index contributed by atoms with van der Waals surface area (Å²) in [6.07, 6.45) is 6.27. The van der Waals surface area contributed by atoms with Crippen LogP contribution in [0, 0.1) is 0 Å². The fourth-order valence-electron chi connectivity index (χ4n) is 2.86. The highest BCUT2D eigenvalue weighted by molar-refractivity contribution is 6.06. The standard InChI is InChI=1S/C27H22O6/c1-19(28)2-3-20-8-11-24(12-9-20)27(30)33-25-15-13-23(14-16-25)26(29)17-10-21-4-6-22(7-5-21)18-32-31/h2-17,31H,18H2,1H3. The molecule has 3 aromatic rings. The Labute approximate surface area is 191 Å². The van der Waals surface area contributed by atoms with E-state index >= 15 is 0 Å². The minimum Gasteiger partial charge on any atom is -0.423 e. The summed E-state index contributed by atoms with van der Waals surface area (Å²) in [5, 5.41) is 8.46. The second-order valence-electron chi connectivity index (χ2n) is 7.19. The Morgan fingerprint density at radius 3 is 1.88 bits per heavy atom. The van der Waals surface area contributed by atoms with E-state index in [4.69, 9.17) is 9.99 Å². The van der Waals surface area contributed by atoms with Gasteiger partial charge in [0.15, 0.2) is 11.6 Å². The molecule has 1 N–H and O–H groups in total. The average molecular weight is 442 g/mol. The Bertz CT molecular complexity index is 1170. The van der Waals surface area contributed by atoms with E-state index in [1.165, 1.54) is 19.1 Å². The van der Waals surface area contributed by atoms with Crippen molar-refractivity contribution in [3.05, 3.63) is 113 Å². The molecule has 0 atom stereocenters. The fourth-order valence-corrected chi connectivity index (χ4v) is 2.86. The fraction of sp³-hybridized carbons (Fsp3) is 0.0741. The normalized spacial score (nSPS) is 11.1. The molecular formula is C27H22O6. The molecule has 0 aliphatic carbocycles. The van der Waals surface area contributed by atoms with Crippen LogP contribution in [0.2, 0.25) is 0 Å². The zero-order chi connectivity index (χ0) is 23.6. The predicted molar refractivity (Wildman–Crippen MR) is 125 cm³/mol. The Hall–Kier alpha value is -4.13. The van der Waals surface area contributed by atoms with Crippen LogP contribution in [0.1, 0.15) is 44.3 Å². The van der Waals surface area contributed by atoms with Crippen LogP contribution in [0.25, 0.3) is 12.2 Å². The van der Waals surface area contributed by atoms with Crippen molar-refractivity contribution in [3.8, 4) is 5.75 Å². The van der Waals surface area contributed by atoms with Crippen molar-refractivity contribution in [3.63, 3.8) is 0 Å². The molecule has 0 fully saturated rings. The lowest BCUT2D eigenvalue weighted by Crippen LogP contribution is -2.08. The molecule has 0 saturated carbocycles. The number of ether oxygens (including phenoxy) is 1. The maximum absolute atomic E-state index is 12.4. The second-order valence-corrected chi connectivity index (χ2v) is 7.19. The predicted octanol–water partition coefficient (Wildman–Crippen LogP) is 5.39. The van der Waals surface area contributed by atoms with Gasteiger partial charge in [0.1, 0.15) is 12.4 Å². The Balaban J connectivity index is 1.58. The van der Waals surface area contributed by atoms with Gasteiger partial charge in [-0.1, -0.05) is 48.6 Å². The van der Waals surface area contributed by atoms with Crippen molar-refractivity contribution in [2.75, 3.05) is 0 Å². The molecule has 0 aliphatic heterocycles. The first-order valence-corrected chi connectivity index (χ1v) is 10.1. The zero-order valence-corrected chi connectivity index (χ0v) is 17.9. The number of allylic oxidation sites excluding steroid dienone is 2. The summed E-state index contributed by atoms with van der Waals surface area (Å²) in [4.78, 5) is 39.8. The van der Waals surface area contributed by atoms with E-state index in [0.29, 0.717) is 16.9 Å². The van der Waals surface area contributed by atoms with Crippen LogP contribution in [0.5, 0.6) is 5.75 Å². The van der Waals surface area contributed by atoms with Crippen molar-refractivity contribution in [1.82, 2.24) is 0 Å². The van der Waals surface area contributed by atoms with E-state index in [1.807, 2.05) is 12.1 Å². The minimum absolute atomic E-state index is 0.0562. The van der Waals surface area contributed by atoms with Gasteiger partial charge in [-0.2, -0.15) is 0 Å². The van der Waals surface area contributed by atoms with E-state index in [-0.39, 0.29) is 18.2 Å². The van der Waals surface area contributed by atoms with Crippen LogP contribution in [0.15, 0.2) is 84.9 Å². The number of esters is 1. The van der Waals surface area contributed by atoms with Gasteiger partial charge in [-0.05, 0) is 72.2 Å². The van der Waals surface area contributed by atoms with Crippen molar-refractivity contribution in [2.24, 2.45) is 0 Å². The third-order valence-corrected chi connectivity index (χ3v) is 4.64. The van der Waals surface area contributed by atoms with Gasteiger partial charge in [0.2, 0.25) is 0 Å². The molecule has 0 bridgehead atoms. The summed E-state index contributed by atoms with van der Waals surface area (Å²) in [6.45, 7) is 1.57. The quantitative estimate of drug-likeness (QED) is 0.119. The van der Waals surface area contributed by atoms with Crippen LogP contribution in [0.4, 0.5) is 0 Å². The third kappa shape index (κ3) is 7.21. The van der Waals surface area contributed by atoms with E-state index in [0.717, 1.165) is 16.7 Å². The third-order valence-electron chi connectivity index (χ3n) is 4.64. The molecule has 6 heteroatoms. The number of rotatable bonds is 9. The zero-order valence-electron chi connectivity index (χ0n) is 17.9. The molecule has 0 aliphatic rings. The van der Waals surface area contributed by atoms with E-state index in [2.05, 4.69) is 4.89 Å². The highest BCUT2D eigenvalue weighted by Crippen LogP contribution is 2.16. The smallest absolute Gasteiger partial charge is 0.343 e. The summed E-state index contributed by atoms with van der Waals surface area (Å²) in [5.41, 5.74) is 3.27. The number of benzene rings is 3.